The Kier molecular flexibility index (Phi) is 5.57. The first-order valence-corrected chi connectivity index (χ1v) is 6.89. The van der Waals surface area contributed by atoms with Crippen molar-refractivity contribution in [2.75, 3.05) is 7.05 Å². The van der Waals surface area contributed by atoms with E-state index in [1.165, 1.54) is 27.8 Å². The minimum atomic E-state index is 0.908. The van der Waals surface area contributed by atoms with Gasteiger partial charge in [0.2, 0.25) is 0 Å². The first-order chi connectivity index (χ1) is 9.40. The van der Waals surface area contributed by atoms with Gasteiger partial charge in [-0.2, -0.15) is 0 Å². The van der Waals surface area contributed by atoms with Gasteiger partial charge in [-0.15, -0.1) is 0 Å². The van der Waals surface area contributed by atoms with Gasteiger partial charge in [-0.25, -0.2) is 0 Å². The SMILES string of the molecule is C=C(/C=C(C)\C(=C/C)c1ccc(C)cc1C(=C)C)NC. The number of nitrogens with one attached hydrogen (secondary N) is 1. The third kappa shape index (κ3) is 3.74. The molecule has 0 atom stereocenters. The third-order valence-electron chi connectivity index (χ3n) is 3.35. The molecule has 20 heavy (non-hydrogen) atoms. The van der Waals surface area contributed by atoms with E-state index in [0.29, 0.717) is 0 Å². The molecule has 1 heteroatoms. The van der Waals surface area contributed by atoms with E-state index in [1.54, 1.807) is 0 Å². The van der Waals surface area contributed by atoms with Gasteiger partial charge in [0.25, 0.3) is 0 Å². The molecule has 1 aromatic rings. The van der Waals surface area contributed by atoms with Crippen molar-refractivity contribution in [3.05, 3.63) is 71.5 Å². The second-order valence-electron chi connectivity index (χ2n) is 5.13. The number of rotatable bonds is 5. The van der Waals surface area contributed by atoms with Gasteiger partial charge in [0, 0.05) is 12.7 Å². The van der Waals surface area contributed by atoms with Gasteiger partial charge < -0.3 is 5.32 Å². The van der Waals surface area contributed by atoms with Crippen molar-refractivity contribution in [3.8, 4) is 0 Å². The van der Waals surface area contributed by atoms with Gasteiger partial charge in [0.05, 0.1) is 0 Å². The highest BCUT2D eigenvalue weighted by molar-refractivity contribution is 5.86. The Morgan fingerprint density at radius 3 is 2.30 bits per heavy atom. The van der Waals surface area contributed by atoms with Crippen LogP contribution in [0.25, 0.3) is 11.1 Å². The Hall–Kier alpha value is -2.02. The molecular weight excluding hydrogens is 242 g/mol. The lowest BCUT2D eigenvalue weighted by molar-refractivity contribution is 1.04. The molecule has 0 fully saturated rings. The van der Waals surface area contributed by atoms with Crippen molar-refractivity contribution in [3.63, 3.8) is 0 Å². The zero-order chi connectivity index (χ0) is 15.3. The Morgan fingerprint density at radius 2 is 1.80 bits per heavy atom. The molecule has 0 aliphatic heterocycles. The fourth-order valence-corrected chi connectivity index (χ4v) is 2.25. The van der Waals surface area contributed by atoms with Crippen LogP contribution >= 0.6 is 0 Å². The topological polar surface area (TPSA) is 12.0 Å². The van der Waals surface area contributed by atoms with E-state index in [0.717, 1.165) is 11.3 Å². The van der Waals surface area contributed by atoms with Crippen LogP contribution in [0.15, 0.2) is 54.8 Å². The summed E-state index contributed by atoms with van der Waals surface area (Å²) in [6.07, 6.45) is 4.21. The molecule has 1 aromatic carbocycles. The number of benzene rings is 1. The first-order valence-electron chi connectivity index (χ1n) is 6.89. The minimum Gasteiger partial charge on any atom is -0.389 e. The summed E-state index contributed by atoms with van der Waals surface area (Å²) in [4.78, 5) is 0. The molecular formula is C19H25N. The summed E-state index contributed by atoms with van der Waals surface area (Å²) in [7, 11) is 1.88. The number of aryl methyl sites for hydroxylation is 1. The highest BCUT2D eigenvalue weighted by Crippen LogP contribution is 2.30. The van der Waals surface area contributed by atoms with E-state index >= 15 is 0 Å². The van der Waals surface area contributed by atoms with Gasteiger partial charge in [-0.1, -0.05) is 48.6 Å². The molecule has 0 unspecified atom stereocenters. The Morgan fingerprint density at radius 1 is 1.15 bits per heavy atom. The second-order valence-corrected chi connectivity index (χ2v) is 5.13. The zero-order valence-corrected chi connectivity index (χ0v) is 13.3. The molecule has 0 radical (unpaired) electrons. The van der Waals surface area contributed by atoms with Crippen LogP contribution in [0.4, 0.5) is 0 Å². The van der Waals surface area contributed by atoms with Crippen LogP contribution in [0.1, 0.15) is 37.5 Å². The lowest BCUT2D eigenvalue weighted by atomic mass is 9.90. The van der Waals surface area contributed by atoms with Gasteiger partial charge >= 0.3 is 0 Å². The van der Waals surface area contributed by atoms with Gasteiger partial charge in [0.15, 0.2) is 0 Å². The van der Waals surface area contributed by atoms with Crippen molar-refractivity contribution < 1.29 is 0 Å². The van der Waals surface area contributed by atoms with E-state index in [2.05, 4.69) is 76.5 Å². The average molecular weight is 267 g/mol. The Bertz CT molecular complexity index is 586. The molecule has 0 spiro atoms. The van der Waals surface area contributed by atoms with Crippen molar-refractivity contribution in [1.82, 2.24) is 5.32 Å². The van der Waals surface area contributed by atoms with Crippen molar-refractivity contribution in [1.29, 1.82) is 0 Å². The van der Waals surface area contributed by atoms with Gasteiger partial charge in [0.1, 0.15) is 0 Å². The standard InChI is InChI=1S/C19H25N/c1-8-17(15(5)12-16(6)20-7)18-10-9-14(4)11-19(18)13(2)3/h8-12,20H,2,6H2,1,3-5,7H3/b15-12-,17-8+. The summed E-state index contributed by atoms with van der Waals surface area (Å²) >= 11 is 0. The largest absolute Gasteiger partial charge is 0.389 e. The fourth-order valence-electron chi connectivity index (χ4n) is 2.25. The molecule has 0 aliphatic carbocycles. The molecule has 106 valence electrons. The van der Waals surface area contributed by atoms with E-state index in [9.17, 15) is 0 Å². The summed E-state index contributed by atoms with van der Waals surface area (Å²) in [6.45, 7) is 16.4. The van der Waals surface area contributed by atoms with E-state index in [4.69, 9.17) is 0 Å². The van der Waals surface area contributed by atoms with Gasteiger partial charge in [-0.05, 0) is 56.0 Å². The maximum Gasteiger partial charge on any atom is 0.0267 e. The summed E-state index contributed by atoms with van der Waals surface area (Å²) in [6, 6.07) is 6.51. The molecule has 1 N–H and O–H groups in total. The van der Waals surface area contributed by atoms with Crippen molar-refractivity contribution in [2.24, 2.45) is 0 Å². The Labute approximate surface area is 123 Å². The number of allylic oxidation sites excluding steroid dienone is 5. The average Bonchev–Trinajstić information content (AvgIpc) is 2.40. The van der Waals surface area contributed by atoms with E-state index < -0.39 is 0 Å². The number of likely N-dealkylation sites (N-methyl/N-ethyl adjacent to an activating group) is 1. The van der Waals surface area contributed by atoms with Crippen LogP contribution in [-0.2, 0) is 0 Å². The maximum atomic E-state index is 4.10. The predicted molar refractivity (Wildman–Crippen MR) is 91.5 cm³/mol. The van der Waals surface area contributed by atoms with Crippen molar-refractivity contribution >= 4 is 11.1 Å². The molecule has 0 heterocycles. The number of hydrogen-bond donors (Lipinski definition) is 1. The Balaban J connectivity index is 3.38. The van der Waals surface area contributed by atoms with Crippen molar-refractivity contribution in [2.45, 2.75) is 27.7 Å². The molecule has 0 aromatic heterocycles. The fraction of sp³-hybridized carbons (Fsp3) is 0.263. The molecule has 1 nitrogen and oxygen atoms in total. The highest BCUT2D eigenvalue weighted by atomic mass is 14.8. The molecule has 0 saturated carbocycles. The monoisotopic (exact) mass is 267 g/mol. The highest BCUT2D eigenvalue weighted by Gasteiger charge is 2.10. The molecule has 0 saturated heterocycles. The lowest BCUT2D eigenvalue weighted by Gasteiger charge is -2.15. The first kappa shape index (κ1) is 16.0. The van der Waals surface area contributed by atoms with Crippen LogP contribution in [-0.4, -0.2) is 7.05 Å². The van der Waals surface area contributed by atoms with E-state index in [-0.39, 0.29) is 0 Å². The molecule has 0 amide bonds. The molecule has 1 rings (SSSR count). The summed E-state index contributed by atoms with van der Waals surface area (Å²) in [5.74, 6) is 0. The predicted octanol–water partition coefficient (Wildman–Crippen LogP) is 5.11. The summed E-state index contributed by atoms with van der Waals surface area (Å²) in [5.41, 5.74) is 8.10. The minimum absolute atomic E-state index is 0.908. The molecule has 0 aliphatic rings. The van der Waals surface area contributed by atoms with Crippen LogP contribution in [0, 0.1) is 6.92 Å². The quantitative estimate of drug-likeness (QED) is 0.731. The third-order valence-corrected chi connectivity index (χ3v) is 3.35. The normalized spacial score (nSPS) is 12.2. The van der Waals surface area contributed by atoms with Crippen LogP contribution in [0.3, 0.4) is 0 Å². The summed E-state index contributed by atoms with van der Waals surface area (Å²) < 4.78 is 0. The molecule has 0 bridgehead atoms. The van der Waals surface area contributed by atoms with Crippen LogP contribution in [0.2, 0.25) is 0 Å². The maximum absolute atomic E-state index is 4.10. The smallest absolute Gasteiger partial charge is 0.0267 e. The van der Waals surface area contributed by atoms with Crippen LogP contribution < -0.4 is 5.32 Å². The van der Waals surface area contributed by atoms with Gasteiger partial charge in [-0.3, -0.25) is 0 Å². The summed E-state index contributed by atoms with van der Waals surface area (Å²) in [5, 5.41) is 3.06. The zero-order valence-electron chi connectivity index (χ0n) is 13.3. The lowest BCUT2D eigenvalue weighted by Crippen LogP contribution is -2.02. The second kappa shape index (κ2) is 6.95. The number of hydrogen-bond acceptors (Lipinski definition) is 1. The van der Waals surface area contributed by atoms with E-state index in [1.807, 2.05) is 7.05 Å². The van der Waals surface area contributed by atoms with Crippen LogP contribution in [0.5, 0.6) is 0 Å².